The Morgan fingerprint density at radius 1 is 0.217 bits per heavy atom. The summed E-state index contributed by atoms with van der Waals surface area (Å²) in [6.45, 7) is 0. The van der Waals surface area contributed by atoms with Crippen LogP contribution in [0.3, 0.4) is 0 Å². The lowest BCUT2D eigenvalue weighted by atomic mass is 9.74. The van der Waals surface area contributed by atoms with Crippen LogP contribution < -0.4 is 0 Å². The zero-order valence-corrected chi connectivity index (χ0v) is 32.5. The Morgan fingerprint density at radius 2 is 0.400 bits per heavy atom. The highest BCUT2D eigenvalue weighted by Crippen LogP contribution is 2.56. The maximum absolute atomic E-state index is 8.96. The third kappa shape index (κ3) is 7.43. The molecule has 60 heavy (non-hydrogen) atoms. The topological polar surface area (TPSA) is 97.5 Å². The fourth-order valence-electron chi connectivity index (χ4n) is 8.10. The Hall–Kier alpha value is -8.40. The minimum atomic E-state index is 0.576. The maximum atomic E-state index is 8.96. The maximum Gasteiger partial charge on any atom is 0.0375 e. The van der Waals surface area contributed by atoms with Crippen LogP contribution in [0.4, 0.5) is 11.4 Å². The van der Waals surface area contributed by atoms with Crippen molar-refractivity contribution in [2.45, 2.75) is 0 Å². The van der Waals surface area contributed by atoms with Gasteiger partial charge in [0.25, 0.3) is 0 Å². The minimum Gasteiger partial charge on any atom is -0.0622 e. The summed E-state index contributed by atoms with van der Waals surface area (Å²) in [4.78, 5) is 5.89. The van der Waals surface area contributed by atoms with Gasteiger partial charge in [0.15, 0.2) is 0 Å². The summed E-state index contributed by atoms with van der Waals surface area (Å²) in [5.74, 6) is 0. The van der Waals surface area contributed by atoms with E-state index in [1.165, 1.54) is 0 Å². The van der Waals surface area contributed by atoms with Gasteiger partial charge in [0.1, 0.15) is 0 Å². The molecule has 0 aliphatic carbocycles. The average molecular weight is 769 g/mol. The zero-order valence-electron chi connectivity index (χ0n) is 32.5. The minimum absolute atomic E-state index is 0.576. The fraction of sp³-hybridized carbons (Fsp3) is 0. The number of nitrogens with zero attached hydrogens (tertiary/aromatic N) is 6. The van der Waals surface area contributed by atoms with Crippen LogP contribution in [-0.4, -0.2) is 0 Å². The highest BCUT2D eigenvalue weighted by Gasteiger charge is 2.29. The van der Waals surface area contributed by atoms with Crippen molar-refractivity contribution < 1.29 is 0 Å². The molecule has 0 saturated heterocycles. The van der Waals surface area contributed by atoms with E-state index >= 15 is 0 Å². The van der Waals surface area contributed by atoms with E-state index < -0.39 is 0 Å². The number of benzene rings is 9. The van der Waals surface area contributed by atoms with E-state index in [1.54, 1.807) is 0 Å². The van der Waals surface area contributed by atoms with Crippen molar-refractivity contribution >= 4 is 11.4 Å². The van der Waals surface area contributed by atoms with Crippen molar-refractivity contribution in [3.8, 4) is 89.0 Å². The van der Waals surface area contributed by atoms with Crippen LogP contribution in [0.1, 0.15) is 0 Å². The van der Waals surface area contributed by atoms with Crippen LogP contribution in [0.2, 0.25) is 0 Å². The second-order valence-corrected chi connectivity index (χ2v) is 14.3. The molecule has 6 heteroatoms. The Bertz CT molecular complexity index is 2800. The molecule has 0 aromatic heterocycles. The molecular formula is C54H36N6. The largest absolute Gasteiger partial charge is 0.0622 e. The van der Waals surface area contributed by atoms with Gasteiger partial charge in [-0.15, -0.1) is 0 Å². The number of azide groups is 2. The Kier molecular flexibility index (Phi) is 10.5. The van der Waals surface area contributed by atoms with E-state index in [1.807, 2.05) is 48.5 Å². The number of hydrogen-bond donors (Lipinski definition) is 0. The first-order valence-corrected chi connectivity index (χ1v) is 19.7. The van der Waals surface area contributed by atoms with Gasteiger partial charge in [-0.3, -0.25) is 0 Å². The number of rotatable bonds is 10. The second-order valence-electron chi connectivity index (χ2n) is 14.3. The molecule has 0 fully saturated rings. The van der Waals surface area contributed by atoms with Crippen LogP contribution in [-0.2, 0) is 0 Å². The normalized spacial score (nSPS) is 10.7. The highest BCUT2D eigenvalue weighted by molar-refractivity contribution is 6.15. The first-order chi connectivity index (χ1) is 29.7. The molecule has 9 aromatic carbocycles. The molecule has 0 spiro atoms. The van der Waals surface area contributed by atoms with Crippen LogP contribution in [0.25, 0.3) is 110 Å². The molecule has 0 aliphatic rings. The third-order valence-corrected chi connectivity index (χ3v) is 10.8. The summed E-state index contributed by atoms with van der Waals surface area (Å²) >= 11 is 0. The molecule has 9 aromatic rings. The molecule has 9 rings (SSSR count). The Balaban J connectivity index is 1.40. The van der Waals surface area contributed by atoms with Gasteiger partial charge in [-0.1, -0.05) is 229 Å². The van der Waals surface area contributed by atoms with Gasteiger partial charge in [-0.2, -0.15) is 0 Å². The van der Waals surface area contributed by atoms with Crippen molar-refractivity contribution in [1.29, 1.82) is 0 Å². The smallest absolute Gasteiger partial charge is 0.0375 e. The van der Waals surface area contributed by atoms with Crippen LogP contribution in [0, 0.1) is 0 Å². The summed E-state index contributed by atoms with van der Waals surface area (Å²) in [5.41, 5.74) is 36.7. The van der Waals surface area contributed by atoms with Crippen LogP contribution >= 0.6 is 0 Å². The molecule has 282 valence electrons. The first-order valence-electron chi connectivity index (χ1n) is 19.7. The van der Waals surface area contributed by atoms with Crippen molar-refractivity contribution in [2.75, 3.05) is 0 Å². The molecule has 0 saturated carbocycles. The second kappa shape index (κ2) is 17.0. The van der Waals surface area contributed by atoms with Gasteiger partial charge in [0.2, 0.25) is 0 Å². The molecule has 0 bridgehead atoms. The van der Waals surface area contributed by atoms with Crippen molar-refractivity contribution in [3.05, 3.63) is 239 Å². The molecule has 0 atom stereocenters. The van der Waals surface area contributed by atoms with Gasteiger partial charge in [-0.05, 0) is 100 Å². The van der Waals surface area contributed by atoms with E-state index in [0.717, 1.165) is 89.0 Å². The van der Waals surface area contributed by atoms with Gasteiger partial charge in [-0.25, -0.2) is 0 Å². The lowest BCUT2D eigenvalue weighted by Crippen LogP contribution is -2.02. The summed E-state index contributed by atoms with van der Waals surface area (Å²) < 4.78 is 0. The summed E-state index contributed by atoms with van der Waals surface area (Å²) in [5, 5.41) is 7.53. The van der Waals surface area contributed by atoms with Gasteiger partial charge in [0, 0.05) is 21.2 Å². The lowest BCUT2D eigenvalue weighted by molar-refractivity contribution is 1.47. The van der Waals surface area contributed by atoms with Crippen LogP contribution in [0.5, 0.6) is 0 Å². The summed E-state index contributed by atoms with van der Waals surface area (Å²) in [6, 6.07) is 75.9. The van der Waals surface area contributed by atoms with E-state index in [9.17, 15) is 0 Å². The predicted molar refractivity (Wildman–Crippen MR) is 248 cm³/mol. The van der Waals surface area contributed by atoms with E-state index in [-0.39, 0.29) is 0 Å². The predicted octanol–water partition coefficient (Wildman–Crippen LogP) is 16.9. The van der Waals surface area contributed by atoms with Gasteiger partial charge < -0.3 is 0 Å². The molecule has 0 N–H and O–H groups in total. The average Bonchev–Trinajstić information content (AvgIpc) is 3.32. The number of hydrogen-bond acceptors (Lipinski definition) is 2. The summed E-state index contributed by atoms with van der Waals surface area (Å²) in [6.07, 6.45) is 0. The standard InChI is InChI=1S/C54H36N6/c55-59-57-47-33-29-39(30-34-47)37-21-25-45(26-22-37)53-51(43-17-9-3-10-18-43)49(41-13-5-1-6-14-41)50(42-15-7-2-8-16-42)52(44-19-11-4-12-20-44)54(53)46-27-23-38(24-28-46)40-31-35-48(36-32-40)58-60-56/h1-36H. The highest BCUT2D eigenvalue weighted by atomic mass is 15.1. The fourth-order valence-corrected chi connectivity index (χ4v) is 8.10. The quantitative estimate of drug-likeness (QED) is 0.0752. The van der Waals surface area contributed by atoms with Crippen LogP contribution in [0.15, 0.2) is 229 Å². The van der Waals surface area contributed by atoms with E-state index in [0.29, 0.717) is 11.4 Å². The molecule has 0 amide bonds. The Labute approximate surface area is 348 Å². The summed E-state index contributed by atoms with van der Waals surface area (Å²) in [7, 11) is 0. The third-order valence-electron chi connectivity index (χ3n) is 10.8. The first kappa shape index (κ1) is 37.2. The zero-order chi connectivity index (χ0) is 40.7. The Morgan fingerprint density at radius 3 is 0.617 bits per heavy atom. The van der Waals surface area contributed by atoms with Gasteiger partial charge in [0.05, 0.1) is 0 Å². The molecule has 0 radical (unpaired) electrons. The van der Waals surface area contributed by atoms with E-state index in [4.69, 9.17) is 11.1 Å². The lowest BCUT2D eigenvalue weighted by Gasteiger charge is -2.29. The monoisotopic (exact) mass is 768 g/mol. The molecule has 6 nitrogen and oxygen atoms in total. The molecular weight excluding hydrogens is 733 g/mol. The molecule has 0 aliphatic heterocycles. The molecule has 0 heterocycles. The van der Waals surface area contributed by atoms with E-state index in [2.05, 4.69) is 190 Å². The van der Waals surface area contributed by atoms with Gasteiger partial charge >= 0.3 is 0 Å². The van der Waals surface area contributed by atoms with Crippen molar-refractivity contribution in [3.63, 3.8) is 0 Å². The SMILES string of the molecule is [N-]=[N+]=Nc1ccc(-c2ccc(-c3c(-c4ccccc4)c(-c4ccccc4)c(-c4ccccc4)c(-c4ccccc4)c3-c3ccc(-c4ccc(N=[N+]=[N-])cc4)cc3)cc2)cc1. The van der Waals surface area contributed by atoms with Crippen molar-refractivity contribution in [1.82, 2.24) is 0 Å². The van der Waals surface area contributed by atoms with Crippen molar-refractivity contribution in [2.24, 2.45) is 10.2 Å². The molecule has 0 unspecified atom stereocenters.